The molecule has 0 aliphatic carbocycles. The van der Waals surface area contributed by atoms with Crippen LogP contribution in [0.4, 0.5) is 0 Å². The van der Waals surface area contributed by atoms with Crippen LogP contribution in [0.2, 0.25) is 5.02 Å². The highest BCUT2D eigenvalue weighted by atomic mass is 35.5. The maximum atomic E-state index is 12.4. The number of carbonyl (C=O) groups excluding carboxylic acids is 1. The zero-order valence-electron chi connectivity index (χ0n) is 13.1. The van der Waals surface area contributed by atoms with Crippen LogP contribution in [0.5, 0.6) is 23.0 Å². The topological polar surface area (TPSA) is 65.0 Å². The van der Waals surface area contributed by atoms with E-state index in [2.05, 4.69) is 0 Å². The number of phenolic OH excluding ortho intramolecular Hbond substituents is 1. The molecule has 0 amide bonds. The molecule has 2 aromatic carbocycles. The Morgan fingerprint density at radius 2 is 2.08 bits per heavy atom. The van der Waals surface area contributed by atoms with E-state index in [1.54, 1.807) is 18.2 Å². The van der Waals surface area contributed by atoms with Crippen LogP contribution in [0.1, 0.15) is 22.8 Å². The van der Waals surface area contributed by atoms with Crippen molar-refractivity contribution in [1.82, 2.24) is 0 Å². The zero-order chi connectivity index (χ0) is 17.3. The minimum absolute atomic E-state index is 0.0357. The molecule has 0 saturated heterocycles. The second-order valence-corrected chi connectivity index (χ2v) is 5.49. The smallest absolute Gasteiger partial charge is 0.231 e. The van der Waals surface area contributed by atoms with Gasteiger partial charge in [-0.15, -0.1) is 0 Å². The van der Waals surface area contributed by atoms with Gasteiger partial charge >= 0.3 is 0 Å². The quantitative estimate of drug-likeness (QED) is 0.845. The highest BCUT2D eigenvalue weighted by molar-refractivity contribution is 6.32. The van der Waals surface area contributed by atoms with Gasteiger partial charge in [-0.1, -0.05) is 11.6 Å². The van der Waals surface area contributed by atoms with Crippen LogP contribution in [-0.2, 0) is 0 Å². The number of phenols is 1. The number of benzene rings is 2. The molecule has 1 aliphatic heterocycles. The van der Waals surface area contributed by atoms with E-state index in [-0.39, 0.29) is 17.3 Å². The fourth-order valence-corrected chi connectivity index (χ4v) is 2.71. The second-order valence-electron chi connectivity index (χ2n) is 5.09. The van der Waals surface area contributed by atoms with E-state index in [0.29, 0.717) is 40.0 Å². The van der Waals surface area contributed by atoms with Crippen LogP contribution in [0, 0.1) is 0 Å². The van der Waals surface area contributed by atoms with Gasteiger partial charge in [-0.25, -0.2) is 0 Å². The number of ketones is 1. The normalized spacial score (nSPS) is 14.5. The van der Waals surface area contributed by atoms with Gasteiger partial charge in [-0.2, -0.15) is 0 Å². The molecule has 0 radical (unpaired) electrons. The molecule has 24 heavy (non-hydrogen) atoms. The SMILES string of the molecule is CCOc1c(Cl)cc(/C=C2\Oc3cc(O)ccc3C2=O)cc1OC. The summed E-state index contributed by atoms with van der Waals surface area (Å²) >= 11 is 6.23. The van der Waals surface area contributed by atoms with E-state index >= 15 is 0 Å². The predicted octanol–water partition coefficient (Wildman–Crippen LogP) is 4.07. The number of carbonyl (C=O) groups is 1. The highest BCUT2D eigenvalue weighted by Crippen LogP contribution is 2.38. The summed E-state index contributed by atoms with van der Waals surface area (Å²) in [5.74, 6) is 1.18. The van der Waals surface area contributed by atoms with Gasteiger partial charge in [-0.3, -0.25) is 4.79 Å². The van der Waals surface area contributed by atoms with E-state index in [4.69, 9.17) is 25.8 Å². The molecule has 124 valence electrons. The van der Waals surface area contributed by atoms with Gasteiger partial charge in [0.1, 0.15) is 11.5 Å². The first-order valence-electron chi connectivity index (χ1n) is 7.31. The summed E-state index contributed by atoms with van der Waals surface area (Å²) in [5, 5.41) is 9.86. The van der Waals surface area contributed by atoms with Gasteiger partial charge in [0.2, 0.25) is 5.78 Å². The Morgan fingerprint density at radius 3 is 2.79 bits per heavy atom. The summed E-state index contributed by atoms with van der Waals surface area (Å²) < 4.78 is 16.3. The van der Waals surface area contributed by atoms with Crippen LogP contribution < -0.4 is 14.2 Å². The van der Waals surface area contributed by atoms with E-state index in [1.165, 1.54) is 25.3 Å². The van der Waals surface area contributed by atoms with Gasteiger partial charge < -0.3 is 19.3 Å². The third-order valence-corrected chi connectivity index (χ3v) is 3.77. The Hall–Kier alpha value is -2.66. The molecule has 0 unspecified atom stereocenters. The Labute approximate surface area is 144 Å². The first-order chi connectivity index (χ1) is 11.5. The Morgan fingerprint density at radius 1 is 1.29 bits per heavy atom. The predicted molar refractivity (Wildman–Crippen MR) is 90.2 cm³/mol. The lowest BCUT2D eigenvalue weighted by Gasteiger charge is -2.12. The lowest BCUT2D eigenvalue weighted by molar-refractivity contribution is 0.101. The number of hydrogen-bond donors (Lipinski definition) is 1. The Bertz CT molecular complexity index is 842. The Kier molecular flexibility index (Phi) is 4.36. The number of aromatic hydroxyl groups is 1. The van der Waals surface area contributed by atoms with E-state index in [9.17, 15) is 9.90 Å². The fraction of sp³-hybridized carbons (Fsp3) is 0.167. The van der Waals surface area contributed by atoms with Crippen molar-refractivity contribution < 1.29 is 24.1 Å². The molecular formula is C18H15ClO5. The summed E-state index contributed by atoms with van der Waals surface area (Å²) in [6.07, 6.45) is 1.57. The Balaban J connectivity index is 1.98. The summed E-state index contributed by atoms with van der Waals surface area (Å²) in [7, 11) is 1.51. The molecule has 0 bridgehead atoms. The van der Waals surface area contributed by atoms with Crippen molar-refractivity contribution in [3.63, 3.8) is 0 Å². The van der Waals surface area contributed by atoms with Crippen LogP contribution in [0.3, 0.4) is 0 Å². The van der Waals surface area contributed by atoms with Crippen molar-refractivity contribution in [2.24, 2.45) is 0 Å². The molecule has 0 saturated carbocycles. The van der Waals surface area contributed by atoms with Gasteiger partial charge in [0.05, 0.1) is 24.3 Å². The lowest BCUT2D eigenvalue weighted by Crippen LogP contribution is -1.99. The van der Waals surface area contributed by atoms with Crippen molar-refractivity contribution in [1.29, 1.82) is 0 Å². The maximum Gasteiger partial charge on any atom is 0.231 e. The molecule has 1 heterocycles. The van der Waals surface area contributed by atoms with Crippen LogP contribution >= 0.6 is 11.6 Å². The molecule has 6 heteroatoms. The number of Topliss-reactive ketones (excluding diaryl/α,β-unsaturated/α-hetero) is 1. The summed E-state index contributed by atoms with van der Waals surface area (Å²) in [6, 6.07) is 7.75. The molecule has 0 fully saturated rings. The van der Waals surface area contributed by atoms with E-state index in [0.717, 1.165) is 0 Å². The number of hydrogen-bond acceptors (Lipinski definition) is 5. The molecule has 5 nitrogen and oxygen atoms in total. The van der Waals surface area contributed by atoms with Crippen molar-refractivity contribution in [3.05, 3.63) is 52.2 Å². The largest absolute Gasteiger partial charge is 0.508 e. The number of halogens is 1. The van der Waals surface area contributed by atoms with Crippen molar-refractivity contribution in [3.8, 4) is 23.0 Å². The molecule has 1 aliphatic rings. The molecule has 0 spiro atoms. The van der Waals surface area contributed by atoms with Gasteiger partial charge in [0.15, 0.2) is 17.3 Å². The second kappa shape index (κ2) is 6.45. The lowest BCUT2D eigenvalue weighted by atomic mass is 10.1. The third kappa shape index (κ3) is 2.90. The van der Waals surface area contributed by atoms with Crippen LogP contribution in [0.15, 0.2) is 36.1 Å². The van der Waals surface area contributed by atoms with Gasteiger partial charge in [0.25, 0.3) is 0 Å². The molecule has 0 atom stereocenters. The van der Waals surface area contributed by atoms with Crippen molar-refractivity contribution in [2.75, 3.05) is 13.7 Å². The van der Waals surface area contributed by atoms with Crippen LogP contribution in [0.25, 0.3) is 6.08 Å². The monoisotopic (exact) mass is 346 g/mol. The van der Waals surface area contributed by atoms with E-state index in [1.807, 2.05) is 6.92 Å². The van der Waals surface area contributed by atoms with Crippen molar-refractivity contribution >= 4 is 23.5 Å². The van der Waals surface area contributed by atoms with E-state index < -0.39 is 0 Å². The number of rotatable bonds is 4. The fourth-order valence-electron chi connectivity index (χ4n) is 2.43. The molecule has 0 aromatic heterocycles. The zero-order valence-corrected chi connectivity index (χ0v) is 13.9. The molecular weight excluding hydrogens is 332 g/mol. The average Bonchev–Trinajstić information content (AvgIpc) is 2.85. The number of allylic oxidation sites excluding steroid dienone is 1. The number of methoxy groups -OCH3 is 1. The highest BCUT2D eigenvalue weighted by Gasteiger charge is 2.27. The molecule has 1 N–H and O–H groups in total. The summed E-state index contributed by atoms with van der Waals surface area (Å²) in [4.78, 5) is 12.4. The van der Waals surface area contributed by atoms with Gasteiger partial charge in [0, 0.05) is 6.07 Å². The van der Waals surface area contributed by atoms with Crippen LogP contribution in [-0.4, -0.2) is 24.6 Å². The minimum atomic E-state index is -0.256. The molecule has 2 aromatic rings. The third-order valence-electron chi connectivity index (χ3n) is 3.49. The first-order valence-corrected chi connectivity index (χ1v) is 7.69. The minimum Gasteiger partial charge on any atom is -0.508 e. The van der Waals surface area contributed by atoms with Crippen molar-refractivity contribution in [2.45, 2.75) is 6.92 Å². The number of ether oxygens (including phenoxy) is 3. The first kappa shape index (κ1) is 16.2. The van der Waals surface area contributed by atoms with Gasteiger partial charge in [-0.05, 0) is 42.8 Å². The summed E-state index contributed by atoms with van der Waals surface area (Å²) in [5.41, 5.74) is 1.05. The standard InChI is InChI=1S/C18H15ClO5/c1-3-23-18-13(19)6-10(8-16(18)22-2)7-15-17(21)12-5-4-11(20)9-14(12)24-15/h4-9,20H,3H2,1-2H3/b15-7-. The molecule has 3 rings (SSSR count). The average molecular weight is 347 g/mol. The summed E-state index contributed by atoms with van der Waals surface area (Å²) in [6.45, 7) is 2.31. The maximum absolute atomic E-state index is 12.4. The number of fused-ring (bicyclic) bond motifs is 1.